The third kappa shape index (κ3) is 2.67. The van der Waals surface area contributed by atoms with Crippen molar-refractivity contribution in [3.8, 4) is 6.07 Å². The lowest BCUT2D eigenvalue weighted by atomic mass is 9.75. The van der Waals surface area contributed by atoms with Crippen molar-refractivity contribution < 1.29 is 0 Å². The highest BCUT2D eigenvalue weighted by molar-refractivity contribution is 5.50. The Morgan fingerprint density at radius 2 is 1.85 bits per heavy atom. The molecule has 0 radical (unpaired) electrons. The monoisotopic (exact) mass is 262 g/mol. The molecule has 0 spiro atoms. The van der Waals surface area contributed by atoms with Crippen molar-refractivity contribution in [3.63, 3.8) is 0 Å². The molecule has 0 bridgehead atoms. The molecule has 3 rings (SSSR count). The number of rotatable bonds is 3. The molecule has 2 aromatic carbocycles. The topological polar surface area (TPSA) is 35.8 Å². The SMILES string of the molecule is Cc1ccc(C2CC(Nc3cccc(C#N)c3)C2)cc1. The quantitative estimate of drug-likeness (QED) is 0.898. The minimum absolute atomic E-state index is 0.523. The van der Waals surface area contributed by atoms with Crippen LogP contribution >= 0.6 is 0 Å². The molecule has 2 heteroatoms. The Kier molecular flexibility index (Phi) is 3.43. The average molecular weight is 262 g/mol. The zero-order valence-corrected chi connectivity index (χ0v) is 11.6. The van der Waals surface area contributed by atoms with Gasteiger partial charge in [-0.15, -0.1) is 0 Å². The molecule has 2 aromatic rings. The summed E-state index contributed by atoms with van der Waals surface area (Å²) >= 11 is 0. The maximum absolute atomic E-state index is 8.90. The molecule has 0 atom stereocenters. The molecule has 1 aliphatic carbocycles. The maximum Gasteiger partial charge on any atom is 0.0992 e. The summed E-state index contributed by atoms with van der Waals surface area (Å²) in [5, 5.41) is 12.4. The number of aryl methyl sites for hydroxylation is 1. The largest absolute Gasteiger partial charge is 0.382 e. The zero-order chi connectivity index (χ0) is 13.9. The summed E-state index contributed by atoms with van der Waals surface area (Å²) in [4.78, 5) is 0. The molecule has 1 fully saturated rings. The zero-order valence-electron chi connectivity index (χ0n) is 11.6. The van der Waals surface area contributed by atoms with Gasteiger partial charge in [0.1, 0.15) is 0 Å². The van der Waals surface area contributed by atoms with Gasteiger partial charge in [-0.3, -0.25) is 0 Å². The third-order valence-electron chi connectivity index (χ3n) is 4.05. The van der Waals surface area contributed by atoms with Crippen molar-refractivity contribution in [1.29, 1.82) is 5.26 Å². The van der Waals surface area contributed by atoms with Crippen LogP contribution in [0.15, 0.2) is 48.5 Å². The highest BCUT2D eigenvalue weighted by Crippen LogP contribution is 2.38. The number of nitriles is 1. The predicted molar refractivity (Wildman–Crippen MR) is 81.7 cm³/mol. The van der Waals surface area contributed by atoms with E-state index in [-0.39, 0.29) is 0 Å². The van der Waals surface area contributed by atoms with E-state index < -0.39 is 0 Å². The van der Waals surface area contributed by atoms with Crippen LogP contribution in [0.1, 0.15) is 35.4 Å². The number of benzene rings is 2. The number of anilines is 1. The molecule has 1 aliphatic rings. The molecule has 1 N–H and O–H groups in total. The standard InChI is InChI=1S/C18H18N2/c1-13-5-7-15(8-6-13)16-10-18(11-16)20-17-4-2-3-14(9-17)12-19/h2-9,16,18,20H,10-11H2,1H3. The van der Waals surface area contributed by atoms with Gasteiger partial charge < -0.3 is 5.32 Å². The fourth-order valence-electron chi connectivity index (χ4n) is 2.76. The first-order valence-corrected chi connectivity index (χ1v) is 7.08. The van der Waals surface area contributed by atoms with Gasteiger partial charge in [0, 0.05) is 11.7 Å². The molecular formula is C18H18N2. The fraction of sp³-hybridized carbons (Fsp3) is 0.278. The van der Waals surface area contributed by atoms with Gasteiger partial charge in [-0.25, -0.2) is 0 Å². The Labute approximate surface area is 120 Å². The minimum atomic E-state index is 0.523. The van der Waals surface area contributed by atoms with Crippen LogP contribution in [-0.4, -0.2) is 6.04 Å². The summed E-state index contributed by atoms with van der Waals surface area (Å²) in [6.07, 6.45) is 2.33. The van der Waals surface area contributed by atoms with Gasteiger partial charge in [0.15, 0.2) is 0 Å². The normalized spacial score (nSPS) is 20.8. The van der Waals surface area contributed by atoms with E-state index in [1.54, 1.807) is 0 Å². The Morgan fingerprint density at radius 3 is 2.55 bits per heavy atom. The highest BCUT2D eigenvalue weighted by atomic mass is 14.9. The van der Waals surface area contributed by atoms with Gasteiger partial charge in [-0.1, -0.05) is 35.9 Å². The smallest absolute Gasteiger partial charge is 0.0992 e. The Balaban J connectivity index is 1.58. The van der Waals surface area contributed by atoms with Crippen molar-refractivity contribution in [2.24, 2.45) is 0 Å². The summed E-state index contributed by atoms with van der Waals surface area (Å²) in [7, 11) is 0. The maximum atomic E-state index is 8.90. The second kappa shape index (κ2) is 5.38. The minimum Gasteiger partial charge on any atom is -0.382 e. The lowest BCUT2D eigenvalue weighted by Crippen LogP contribution is -2.33. The Hall–Kier alpha value is -2.27. The molecule has 0 aliphatic heterocycles. The highest BCUT2D eigenvalue weighted by Gasteiger charge is 2.29. The average Bonchev–Trinajstić information content (AvgIpc) is 2.44. The summed E-state index contributed by atoms with van der Waals surface area (Å²) in [5.74, 6) is 0.673. The molecule has 0 unspecified atom stereocenters. The second-order valence-corrected chi connectivity index (χ2v) is 5.61. The molecule has 0 amide bonds. The molecule has 0 heterocycles. The number of nitrogens with zero attached hydrogens (tertiary/aromatic N) is 1. The van der Waals surface area contributed by atoms with Crippen LogP contribution in [0.4, 0.5) is 5.69 Å². The van der Waals surface area contributed by atoms with Crippen LogP contribution in [0, 0.1) is 18.3 Å². The number of hydrogen-bond donors (Lipinski definition) is 1. The van der Waals surface area contributed by atoms with Gasteiger partial charge >= 0.3 is 0 Å². The lowest BCUT2D eigenvalue weighted by molar-refractivity contribution is 0.374. The fourth-order valence-corrected chi connectivity index (χ4v) is 2.76. The van der Waals surface area contributed by atoms with E-state index in [2.05, 4.69) is 42.6 Å². The molecule has 100 valence electrons. The van der Waals surface area contributed by atoms with Crippen molar-refractivity contribution in [3.05, 3.63) is 65.2 Å². The van der Waals surface area contributed by atoms with Crippen LogP contribution in [0.5, 0.6) is 0 Å². The Morgan fingerprint density at radius 1 is 1.10 bits per heavy atom. The first kappa shape index (κ1) is 12.7. The molecule has 20 heavy (non-hydrogen) atoms. The molecule has 2 nitrogen and oxygen atoms in total. The van der Waals surface area contributed by atoms with Crippen LogP contribution in [0.3, 0.4) is 0 Å². The summed E-state index contributed by atoms with van der Waals surface area (Å²) in [6, 6.07) is 19.3. The molecular weight excluding hydrogens is 244 g/mol. The van der Waals surface area contributed by atoms with Crippen LogP contribution in [0.2, 0.25) is 0 Å². The van der Waals surface area contributed by atoms with Crippen LogP contribution < -0.4 is 5.32 Å². The first-order valence-electron chi connectivity index (χ1n) is 7.08. The van der Waals surface area contributed by atoms with E-state index in [0.29, 0.717) is 17.5 Å². The van der Waals surface area contributed by atoms with E-state index >= 15 is 0 Å². The van der Waals surface area contributed by atoms with Crippen molar-refractivity contribution in [1.82, 2.24) is 0 Å². The van der Waals surface area contributed by atoms with Crippen molar-refractivity contribution >= 4 is 5.69 Å². The van der Waals surface area contributed by atoms with Crippen LogP contribution in [-0.2, 0) is 0 Å². The van der Waals surface area contributed by atoms with Crippen molar-refractivity contribution in [2.45, 2.75) is 31.7 Å². The third-order valence-corrected chi connectivity index (χ3v) is 4.05. The van der Waals surface area contributed by atoms with Gasteiger partial charge in [0.25, 0.3) is 0 Å². The summed E-state index contributed by atoms with van der Waals surface area (Å²) in [6.45, 7) is 2.12. The lowest BCUT2D eigenvalue weighted by Gasteiger charge is -2.37. The van der Waals surface area contributed by atoms with E-state index in [1.807, 2.05) is 24.3 Å². The second-order valence-electron chi connectivity index (χ2n) is 5.61. The number of hydrogen-bond acceptors (Lipinski definition) is 2. The van der Waals surface area contributed by atoms with E-state index in [9.17, 15) is 0 Å². The molecule has 0 saturated heterocycles. The van der Waals surface area contributed by atoms with E-state index in [4.69, 9.17) is 5.26 Å². The van der Waals surface area contributed by atoms with Crippen molar-refractivity contribution in [2.75, 3.05) is 5.32 Å². The molecule has 1 saturated carbocycles. The summed E-state index contributed by atoms with van der Waals surface area (Å²) < 4.78 is 0. The van der Waals surface area contributed by atoms with Gasteiger partial charge in [-0.2, -0.15) is 5.26 Å². The summed E-state index contributed by atoms with van der Waals surface area (Å²) in [5.41, 5.74) is 4.52. The van der Waals surface area contributed by atoms with Gasteiger partial charge in [-0.05, 0) is 49.4 Å². The first-order chi connectivity index (χ1) is 9.74. The predicted octanol–water partition coefficient (Wildman–Crippen LogP) is 4.22. The molecule has 0 aromatic heterocycles. The van der Waals surface area contributed by atoms with Crippen LogP contribution in [0.25, 0.3) is 0 Å². The van der Waals surface area contributed by atoms with E-state index in [0.717, 1.165) is 5.69 Å². The van der Waals surface area contributed by atoms with E-state index in [1.165, 1.54) is 24.0 Å². The Bertz CT molecular complexity index is 631. The van der Waals surface area contributed by atoms with Gasteiger partial charge in [0.05, 0.1) is 11.6 Å². The number of nitrogens with one attached hydrogen (secondary N) is 1. The van der Waals surface area contributed by atoms with Gasteiger partial charge in [0.2, 0.25) is 0 Å².